The maximum Gasteiger partial charge on any atom is 0.313 e. The van der Waals surface area contributed by atoms with Crippen LogP contribution in [-0.4, -0.2) is 49.0 Å². The number of nitrogens with one attached hydrogen (secondary N) is 4. The lowest BCUT2D eigenvalue weighted by Crippen LogP contribution is -2.66. The largest absolute Gasteiger partial charge is 0.339 e. The normalized spacial score (nSPS) is 22.5. The Labute approximate surface area is 140 Å². The molecule has 1 aliphatic carbocycles. The van der Waals surface area contributed by atoms with Gasteiger partial charge in [-0.3, -0.25) is 19.7 Å². The van der Waals surface area contributed by atoms with E-state index in [2.05, 4.69) is 21.3 Å². The number of hydrogen-bond donors (Lipinski definition) is 4. The van der Waals surface area contributed by atoms with Crippen LogP contribution in [0.1, 0.15) is 20.8 Å². The Morgan fingerprint density at radius 3 is 2.29 bits per heavy atom. The zero-order valence-corrected chi connectivity index (χ0v) is 14.1. The molecule has 0 aromatic heterocycles. The standard InChI is InChI=1S/C15H23N5O4/c1-4-16-7-15(8-17-5-2)9(3)11(20(23)24)6-10-12(15)19-14(22)13(21)18-10/h6,12,16-17H,4-5,7-8H2,1-3H3,(H,18,21)(H,19,22). The molecule has 0 aromatic rings. The van der Waals surface area contributed by atoms with Crippen LogP contribution in [0.15, 0.2) is 23.0 Å². The second-order valence-corrected chi connectivity index (χ2v) is 5.94. The van der Waals surface area contributed by atoms with Gasteiger partial charge in [-0.2, -0.15) is 0 Å². The lowest BCUT2D eigenvalue weighted by molar-refractivity contribution is -0.421. The smallest absolute Gasteiger partial charge is 0.313 e. The molecule has 9 nitrogen and oxygen atoms in total. The maximum absolute atomic E-state index is 11.9. The molecule has 1 heterocycles. The zero-order chi connectivity index (χ0) is 17.9. The predicted molar refractivity (Wildman–Crippen MR) is 87.4 cm³/mol. The van der Waals surface area contributed by atoms with Crippen LogP contribution in [0, 0.1) is 15.5 Å². The summed E-state index contributed by atoms with van der Waals surface area (Å²) in [5, 5.41) is 23.1. The number of carbonyl (C=O) groups is 2. The molecule has 4 N–H and O–H groups in total. The number of piperazine rings is 1. The number of fused-ring (bicyclic) bond motifs is 1. The topological polar surface area (TPSA) is 125 Å². The van der Waals surface area contributed by atoms with Crippen molar-refractivity contribution in [2.24, 2.45) is 5.41 Å². The fourth-order valence-electron chi connectivity index (χ4n) is 3.23. The summed E-state index contributed by atoms with van der Waals surface area (Å²) in [7, 11) is 0. The molecule has 2 amide bonds. The van der Waals surface area contributed by atoms with E-state index in [1.165, 1.54) is 6.08 Å². The van der Waals surface area contributed by atoms with Crippen LogP contribution < -0.4 is 21.3 Å². The van der Waals surface area contributed by atoms with Crippen LogP contribution in [-0.2, 0) is 9.59 Å². The van der Waals surface area contributed by atoms with Crippen LogP contribution in [0.2, 0.25) is 0 Å². The van der Waals surface area contributed by atoms with Crippen LogP contribution in [0.25, 0.3) is 0 Å². The molecule has 1 aliphatic heterocycles. The van der Waals surface area contributed by atoms with E-state index in [0.29, 0.717) is 37.4 Å². The third-order valence-electron chi connectivity index (χ3n) is 4.60. The van der Waals surface area contributed by atoms with E-state index in [-0.39, 0.29) is 5.70 Å². The van der Waals surface area contributed by atoms with E-state index >= 15 is 0 Å². The number of carbonyl (C=O) groups excluding carboxylic acids is 2. The minimum absolute atomic E-state index is 0.0477. The molecule has 9 heteroatoms. The lowest BCUT2D eigenvalue weighted by Gasteiger charge is -2.46. The summed E-state index contributed by atoms with van der Waals surface area (Å²) in [6, 6.07) is -0.538. The van der Waals surface area contributed by atoms with Crippen molar-refractivity contribution in [1.82, 2.24) is 21.3 Å². The van der Waals surface area contributed by atoms with Gasteiger partial charge in [0, 0.05) is 35.9 Å². The third-order valence-corrected chi connectivity index (χ3v) is 4.60. The first-order valence-corrected chi connectivity index (χ1v) is 7.98. The average Bonchev–Trinajstić information content (AvgIpc) is 2.54. The summed E-state index contributed by atoms with van der Waals surface area (Å²) in [6.45, 7) is 7.81. The van der Waals surface area contributed by atoms with E-state index in [0.717, 1.165) is 0 Å². The highest BCUT2D eigenvalue weighted by Gasteiger charge is 2.51. The highest BCUT2D eigenvalue weighted by Crippen LogP contribution is 2.40. The van der Waals surface area contributed by atoms with Crippen molar-refractivity contribution < 1.29 is 14.5 Å². The monoisotopic (exact) mass is 337 g/mol. The van der Waals surface area contributed by atoms with Gasteiger partial charge in [-0.05, 0) is 20.0 Å². The van der Waals surface area contributed by atoms with Gasteiger partial charge >= 0.3 is 11.8 Å². The third kappa shape index (κ3) is 3.04. The number of hydrogen-bond acceptors (Lipinski definition) is 6. The summed E-state index contributed by atoms with van der Waals surface area (Å²) in [5.74, 6) is -1.53. The minimum atomic E-state index is -0.805. The van der Waals surface area contributed by atoms with Crippen molar-refractivity contribution in [3.63, 3.8) is 0 Å². The molecule has 0 spiro atoms. The fraction of sp³-hybridized carbons (Fsp3) is 0.600. The van der Waals surface area contributed by atoms with E-state index in [1.807, 2.05) is 13.8 Å². The van der Waals surface area contributed by atoms with Gasteiger partial charge in [0.15, 0.2) is 0 Å². The SMILES string of the molecule is CCNCC1(CNCC)C(C)=C([N+](=O)[O-])C=C2NC(=O)C(=O)NC21. The van der Waals surface area contributed by atoms with Gasteiger partial charge in [0.25, 0.3) is 5.70 Å². The number of allylic oxidation sites excluding steroid dienone is 1. The van der Waals surface area contributed by atoms with Gasteiger partial charge in [0.2, 0.25) is 0 Å². The second kappa shape index (κ2) is 7.10. The molecule has 1 unspecified atom stereocenters. The molecular formula is C15H23N5O4. The average molecular weight is 337 g/mol. The van der Waals surface area contributed by atoms with Crippen molar-refractivity contribution in [2.45, 2.75) is 26.8 Å². The summed E-state index contributed by atoms with van der Waals surface area (Å²) >= 11 is 0. The van der Waals surface area contributed by atoms with Gasteiger partial charge in [0.05, 0.1) is 11.0 Å². The molecule has 1 fully saturated rings. The Hall–Kier alpha value is -2.26. The zero-order valence-electron chi connectivity index (χ0n) is 14.1. The number of nitro groups is 1. The maximum atomic E-state index is 11.9. The number of amides is 2. The van der Waals surface area contributed by atoms with Gasteiger partial charge in [-0.1, -0.05) is 13.8 Å². The van der Waals surface area contributed by atoms with Crippen LogP contribution in [0.4, 0.5) is 0 Å². The molecule has 2 rings (SSSR count). The first kappa shape index (κ1) is 18.1. The first-order chi connectivity index (χ1) is 11.4. The minimum Gasteiger partial charge on any atom is -0.339 e. The Bertz CT molecular complexity index is 617. The Kier molecular flexibility index (Phi) is 5.35. The quantitative estimate of drug-likeness (QED) is 0.275. The highest BCUT2D eigenvalue weighted by molar-refractivity contribution is 6.36. The van der Waals surface area contributed by atoms with Crippen molar-refractivity contribution in [3.8, 4) is 0 Å². The summed E-state index contributed by atoms with van der Waals surface area (Å²) in [6.07, 6.45) is 1.34. The van der Waals surface area contributed by atoms with Crippen LogP contribution >= 0.6 is 0 Å². The van der Waals surface area contributed by atoms with Gasteiger partial charge < -0.3 is 21.3 Å². The van der Waals surface area contributed by atoms with E-state index in [1.54, 1.807) is 6.92 Å². The fourth-order valence-corrected chi connectivity index (χ4v) is 3.23. The Balaban J connectivity index is 2.57. The van der Waals surface area contributed by atoms with Crippen molar-refractivity contribution in [1.29, 1.82) is 0 Å². The molecule has 132 valence electrons. The van der Waals surface area contributed by atoms with Crippen molar-refractivity contribution in [2.75, 3.05) is 26.2 Å². The number of nitrogens with zero attached hydrogens (tertiary/aromatic N) is 1. The lowest BCUT2D eigenvalue weighted by atomic mass is 9.68. The molecule has 1 saturated heterocycles. The summed E-state index contributed by atoms with van der Waals surface area (Å²) in [5.41, 5.74) is 0.128. The first-order valence-electron chi connectivity index (χ1n) is 7.98. The van der Waals surface area contributed by atoms with Gasteiger partial charge in [0.1, 0.15) is 0 Å². The van der Waals surface area contributed by atoms with Crippen molar-refractivity contribution >= 4 is 11.8 Å². The molecule has 24 heavy (non-hydrogen) atoms. The molecule has 0 bridgehead atoms. The summed E-state index contributed by atoms with van der Waals surface area (Å²) < 4.78 is 0. The Morgan fingerprint density at radius 1 is 1.21 bits per heavy atom. The highest BCUT2D eigenvalue weighted by atomic mass is 16.6. The molecule has 0 aromatic carbocycles. The van der Waals surface area contributed by atoms with E-state index in [4.69, 9.17) is 0 Å². The molecular weight excluding hydrogens is 314 g/mol. The summed E-state index contributed by atoms with van der Waals surface area (Å²) in [4.78, 5) is 34.6. The predicted octanol–water partition coefficient (Wildman–Crippen LogP) is -0.745. The molecule has 0 saturated carbocycles. The number of rotatable bonds is 7. The van der Waals surface area contributed by atoms with Crippen molar-refractivity contribution in [3.05, 3.63) is 33.2 Å². The second-order valence-electron chi connectivity index (χ2n) is 5.94. The molecule has 2 aliphatic rings. The Morgan fingerprint density at radius 2 is 1.79 bits per heavy atom. The van der Waals surface area contributed by atoms with Crippen LogP contribution in [0.5, 0.6) is 0 Å². The van der Waals surface area contributed by atoms with Gasteiger partial charge in [-0.15, -0.1) is 0 Å². The molecule has 1 atom stereocenters. The molecule has 0 radical (unpaired) electrons. The van der Waals surface area contributed by atoms with Crippen LogP contribution in [0.3, 0.4) is 0 Å². The van der Waals surface area contributed by atoms with E-state index < -0.39 is 28.2 Å². The van der Waals surface area contributed by atoms with Gasteiger partial charge in [-0.25, -0.2) is 0 Å². The van der Waals surface area contributed by atoms with E-state index in [9.17, 15) is 19.7 Å².